The number of hydrogen-bond acceptors (Lipinski definition) is 3. The van der Waals surface area contributed by atoms with Crippen LogP contribution >= 0.6 is 0 Å². The largest absolute Gasteiger partial charge is 0.494 e. The van der Waals surface area contributed by atoms with Crippen molar-refractivity contribution in [2.75, 3.05) is 13.2 Å². The maximum absolute atomic E-state index is 12.0. The van der Waals surface area contributed by atoms with E-state index in [2.05, 4.69) is 10.6 Å². The molecule has 0 radical (unpaired) electrons. The van der Waals surface area contributed by atoms with Crippen molar-refractivity contribution in [2.45, 2.75) is 38.6 Å². The molecule has 5 heteroatoms. The van der Waals surface area contributed by atoms with Crippen molar-refractivity contribution < 1.29 is 14.3 Å². The van der Waals surface area contributed by atoms with Crippen LogP contribution < -0.4 is 15.4 Å². The maximum atomic E-state index is 12.0. The fourth-order valence-electron chi connectivity index (χ4n) is 2.41. The Kier molecular flexibility index (Phi) is 5.60. The van der Waals surface area contributed by atoms with Crippen LogP contribution in [0.4, 0.5) is 0 Å². The summed E-state index contributed by atoms with van der Waals surface area (Å²) in [6.45, 7) is 3.09. The fourth-order valence-corrected chi connectivity index (χ4v) is 2.41. The molecular formula is C16H22N2O3. The normalized spacial score (nSPS) is 18.0. The predicted molar refractivity (Wildman–Crippen MR) is 80.1 cm³/mol. The zero-order valence-electron chi connectivity index (χ0n) is 12.4. The molecule has 1 aliphatic rings. The molecule has 1 aromatic carbocycles. The van der Waals surface area contributed by atoms with Crippen LogP contribution in [0.3, 0.4) is 0 Å². The summed E-state index contributed by atoms with van der Waals surface area (Å²) >= 11 is 0. The van der Waals surface area contributed by atoms with Gasteiger partial charge < -0.3 is 15.4 Å². The number of piperidine rings is 1. The van der Waals surface area contributed by atoms with Crippen molar-refractivity contribution in [2.24, 2.45) is 0 Å². The van der Waals surface area contributed by atoms with E-state index in [9.17, 15) is 9.59 Å². The second-order valence-electron chi connectivity index (χ2n) is 5.15. The van der Waals surface area contributed by atoms with Crippen LogP contribution in [0.5, 0.6) is 5.75 Å². The van der Waals surface area contributed by atoms with Gasteiger partial charge in [0.15, 0.2) is 0 Å². The Balaban J connectivity index is 1.80. The van der Waals surface area contributed by atoms with Crippen LogP contribution in [-0.4, -0.2) is 31.0 Å². The summed E-state index contributed by atoms with van der Waals surface area (Å²) in [7, 11) is 0. The Morgan fingerprint density at radius 1 is 1.43 bits per heavy atom. The van der Waals surface area contributed by atoms with Gasteiger partial charge in [0.1, 0.15) is 5.75 Å². The van der Waals surface area contributed by atoms with Gasteiger partial charge in [0.05, 0.1) is 6.61 Å². The number of benzene rings is 1. The van der Waals surface area contributed by atoms with E-state index < -0.39 is 0 Å². The summed E-state index contributed by atoms with van der Waals surface area (Å²) < 4.78 is 5.55. The lowest BCUT2D eigenvalue weighted by Gasteiger charge is -2.23. The molecule has 2 rings (SSSR count). The zero-order chi connectivity index (χ0) is 15.1. The van der Waals surface area contributed by atoms with Crippen LogP contribution in [-0.2, 0) is 16.0 Å². The number of amides is 2. The average molecular weight is 290 g/mol. The van der Waals surface area contributed by atoms with Gasteiger partial charge in [-0.15, -0.1) is 0 Å². The molecule has 114 valence electrons. The van der Waals surface area contributed by atoms with Crippen molar-refractivity contribution in [1.82, 2.24) is 10.6 Å². The Labute approximate surface area is 125 Å². The van der Waals surface area contributed by atoms with Crippen LogP contribution in [0.2, 0.25) is 0 Å². The molecule has 1 aromatic rings. The highest BCUT2D eigenvalue weighted by molar-refractivity contribution is 5.79. The molecule has 1 heterocycles. The number of hydrogen-bond donors (Lipinski definition) is 2. The van der Waals surface area contributed by atoms with Gasteiger partial charge in [0.2, 0.25) is 11.8 Å². The summed E-state index contributed by atoms with van der Waals surface area (Å²) in [6, 6.07) is 7.84. The standard InChI is InChI=1S/C16H22N2O3/c1-2-21-14-6-4-3-5-12(14)7-9-16(20)18-13-8-10-15(19)17-11-13/h3-6,13H,2,7-11H2,1H3,(H,17,19)(H,18,20). The highest BCUT2D eigenvalue weighted by Gasteiger charge is 2.19. The number of carbonyl (C=O) groups excluding carboxylic acids is 2. The fraction of sp³-hybridized carbons (Fsp3) is 0.500. The molecule has 1 unspecified atom stereocenters. The van der Waals surface area contributed by atoms with Gasteiger partial charge in [-0.1, -0.05) is 18.2 Å². The maximum Gasteiger partial charge on any atom is 0.220 e. The minimum atomic E-state index is 0.0162. The van der Waals surface area contributed by atoms with Gasteiger partial charge in [-0.3, -0.25) is 9.59 Å². The molecule has 5 nitrogen and oxygen atoms in total. The summed E-state index contributed by atoms with van der Waals surface area (Å²) in [5.41, 5.74) is 1.05. The molecule has 1 atom stereocenters. The predicted octanol–water partition coefficient (Wildman–Crippen LogP) is 1.41. The highest BCUT2D eigenvalue weighted by Crippen LogP contribution is 2.19. The SMILES string of the molecule is CCOc1ccccc1CCC(=O)NC1CCC(=O)NC1. The van der Waals surface area contributed by atoms with Crippen molar-refractivity contribution in [3.63, 3.8) is 0 Å². The first-order valence-corrected chi connectivity index (χ1v) is 7.45. The average Bonchev–Trinajstić information content (AvgIpc) is 2.49. The van der Waals surface area contributed by atoms with Gasteiger partial charge in [-0.25, -0.2) is 0 Å². The first kappa shape index (κ1) is 15.4. The summed E-state index contributed by atoms with van der Waals surface area (Å²) in [6.07, 6.45) is 2.28. The molecule has 1 fully saturated rings. The van der Waals surface area contributed by atoms with E-state index in [4.69, 9.17) is 4.74 Å². The van der Waals surface area contributed by atoms with E-state index in [1.54, 1.807) is 0 Å². The lowest BCUT2D eigenvalue weighted by Crippen LogP contribution is -2.47. The van der Waals surface area contributed by atoms with Gasteiger partial charge >= 0.3 is 0 Å². The van der Waals surface area contributed by atoms with Crippen LogP contribution in [0.15, 0.2) is 24.3 Å². The third kappa shape index (κ3) is 4.77. The smallest absolute Gasteiger partial charge is 0.220 e. The van der Waals surface area contributed by atoms with Gasteiger partial charge in [-0.2, -0.15) is 0 Å². The van der Waals surface area contributed by atoms with Crippen LogP contribution in [0.25, 0.3) is 0 Å². The van der Waals surface area contributed by atoms with Crippen molar-refractivity contribution in [1.29, 1.82) is 0 Å². The third-order valence-corrected chi connectivity index (χ3v) is 3.52. The number of ether oxygens (including phenoxy) is 1. The van der Waals surface area contributed by atoms with E-state index in [1.807, 2.05) is 31.2 Å². The lowest BCUT2D eigenvalue weighted by atomic mass is 10.1. The van der Waals surface area contributed by atoms with E-state index in [-0.39, 0.29) is 17.9 Å². The van der Waals surface area contributed by atoms with E-state index >= 15 is 0 Å². The van der Waals surface area contributed by atoms with Crippen molar-refractivity contribution >= 4 is 11.8 Å². The Morgan fingerprint density at radius 3 is 2.95 bits per heavy atom. The summed E-state index contributed by atoms with van der Waals surface area (Å²) in [5.74, 6) is 0.923. The summed E-state index contributed by atoms with van der Waals surface area (Å²) in [5, 5.41) is 5.73. The second-order valence-corrected chi connectivity index (χ2v) is 5.15. The Bertz CT molecular complexity index is 492. The first-order chi connectivity index (χ1) is 10.2. The molecule has 1 saturated heterocycles. The molecule has 0 aromatic heterocycles. The second kappa shape index (κ2) is 7.67. The molecule has 2 N–H and O–H groups in total. The van der Waals surface area contributed by atoms with Crippen LogP contribution in [0, 0.1) is 0 Å². The topological polar surface area (TPSA) is 67.4 Å². The molecule has 21 heavy (non-hydrogen) atoms. The summed E-state index contributed by atoms with van der Waals surface area (Å²) in [4.78, 5) is 23.0. The number of para-hydroxylation sites is 1. The number of aryl methyl sites for hydroxylation is 1. The molecule has 0 aliphatic carbocycles. The molecule has 0 bridgehead atoms. The van der Waals surface area contributed by atoms with Gasteiger partial charge in [-0.05, 0) is 31.4 Å². The molecule has 0 saturated carbocycles. The van der Waals surface area contributed by atoms with E-state index in [1.165, 1.54) is 0 Å². The number of nitrogens with one attached hydrogen (secondary N) is 2. The van der Waals surface area contributed by atoms with Crippen LogP contribution in [0.1, 0.15) is 31.7 Å². The molecule has 1 aliphatic heterocycles. The molecular weight excluding hydrogens is 268 g/mol. The van der Waals surface area contributed by atoms with Gasteiger partial charge in [0.25, 0.3) is 0 Å². The first-order valence-electron chi connectivity index (χ1n) is 7.45. The Morgan fingerprint density at radius 2 is 2.24 bits per heavy atom. The molecule has 2 amide bonds. The minimum absolute atomic E-state index is 0.0162. The quantitative estimate of drug-likeness (QED) is 0.832. The zero-order valence-corrected chi connectivity index (χ0v) is 12.4. The monoisotopic (exact) mass is 290 g/mol. The Hall–Kier alpha value is -2.04. The molecule has 0 spiro atoms. The minimum Gasteiger partial charge on any atom is -0.494 e. The van der Waals surface area contributed by atoms with Gasteiger partial charge in [0, 0.05) is 25.4 Å². The number of rotatable bonds is 6. The van der Waals surface area contributed by atoms with E-state index in [0.29, 0.717) is 38.8 Å². The van der Waals surface area contributed by atoms with E-state index in [0.717, 1.165) is 11.3 Å². The number of carbonyl (C=O) groups is 2. The lowest BCUT2D eigenvalue weighted by molar-refractivity contribution is -0.125. The third-order valence-electron chi connectivity index (χ3n) is 3.52. The highest BCUT2D eigenvalue weighted by atomic mass is 16.5. The van der Waals surface area contributed by atoms with Crippen molar-refractivity contribution in [3.8, 4) is 5.75 Å². The van der Waals surface area contributed by atoms with Crippen molar-refractivity contribution in [3.05, 3.63) is 29.8 Å².